The topological polar surface area (TPSA) is 143 Å². The maximum Gasteiger partial charge on any atom is 0.353 e. The van der Waals surface area contributed by atoms with Crippen molar-refractivity contribution in [2.24, 2.45) is 5.73 Å². The van der Waals surface area contributed by atoms with Gasteiger partial charge in [0, 0.05) is 6.07 Å². The quantitative estimate of drug-likeness (QED) is 0.189. The van der Waals surface area contributed by atoms with Gasteiger partial charge in [-0.3, -0.25) is 9.96 Å². The standard InChI is InChI=1S/C13H8ClN3O2S2.CH4O3S/c14-10-4-3-8(20-10)13(18)19-6-1-2-7-9(5-6)21-12(17-7)11(15)16;1-5(2,3)4/h1-5H,(H3,15,16);1H3,(H,2,3,4). The van der Waals surface area contributed by atoms with Crippen LogP contribution < -0.4 is 10.5 Å². The second kappa shape index (κ2) is 8.10. The van der Waals surface area contributed by atoms with Crippen molar-refractivity contribution in [2.75, 3.05) is 6.26 Å². The zero-order chi connectivity index (χ0) is 19.5. The molecule has 0 saturated carbocycles. The number of esters is 1. The van der Waals surface area contributed by atoms with Crippen molar-refractivity contribution in [3.8, 4) is 5.75 Å². The Kier molecular flexibility index (Phi) is 6.31. The first kappa shape index (κ1) is 20.3. The van der Waals surface area contributed by atoms with Crippen LogP contribution in [0.25, 0.3) is 10.2 Å². The second-order valence-electron chi connectivity index (χ2n) is 4.79. The van der Waals surface area contributed by atoms with E-state index in [4.69, 9.17) is 32.0 Å². The fraction of sp³-hybridized carbons (Fsp3) is 0.0714. The van der Waals surface area contributed by atoms with E-state index in [1.54, 1.807) is 30.3 Å². The lowest BCUT2D eigenvalue weighted by atomic mass is 10.3. The molecular formula is C14H12ClN3O5S3. The van der Waals surface area contributed by atoms with Gasteiger partial charge in [-0.25, -0.2) is 9.78 Å². The van der Waals surface area contributed by atoms with E-state index in [0.717, 1.165) is 16.0 Å². The number of halogens is 1. The third-order valence-electron chi connectivity index (χ3n) is 2.58. The highest BCUT2D eigenvalue weighted by atomic mass is 35.5. The number of hydrogen-bond acceptors (Lipinski definition) is 8. The summed E-state index contributed by atoms with van der Waals surface area (Å²) in [5.74, 6) is -0.124. The first-order chi connectivity index (χ1) is 12.0. The highest BCUT2D eigenvalue weighted by Crippen LogP contribution is 2.28. The first-order valence-corrected chi connectivity index (χ1v) is 10.5. The molecule has 2 heterocycles. The average Bonchev–Trinajstić information content (AvgIpc) is 3.11. The number of thiophene rings is 1. The predicted octanol–water partition coefficient (Wildman–Crippen LogP) is 3.02. The number of hydrogen-bond donors (Lipinski definition) is 3. The largest absolute Gasteiger partial charge is 0.422 e. The number of carbonyl (C=O) groups excluding carboxylic acids is 1. The van der Waals surface area contributed by atoms with Gasteiger partial charge in [0.1, 0.15) is 10.6 Å². The van der Waals surface area contributed by atoms with Gasteiger partial charge in [0.2, 0.25) is 0 Å². The summed E-state index contributed by atoms with van der Waals surface area (Å²) in [4.78, 5) is 16.6. The molecule has 26 heavy (non-hydrogen) atoms. The van der Waals surface area contributed by atoms with Crippen LogP contribution in [0.1, 0.15) is 14.7 Å². The Balaban J connectivity index is 0.000000431. The Morgan fingerprint density at radius 1 is 1.31 bits per heavy atom. The first-order valence-electron chi connectivity index (χ1n) is 6.68. The lowest BCUT2D eigenvalue weighted by molar-refractivity contribution is 0.0740. The van der Waals surface area contributed by atoms with Crippen molar-refractivity contribution in [3.05, 3.63) is 44.6 Å². The summed E-state index contributed by atoms with van der Waals surface area (Å²) in [5, 5.41) is 7.82. The number of thiazole rings is 1. The number of amidine groups is 1. The molecule has 2 aromatic heterocycles. The molecule has 138 valence electrons. The zero-order valence-electron chi connectivity index (χ0n) is 13.1. The maximum absolute atomic E-state index is 11.9. The molecule has 3 aromatic rings. The van der Waals surface area contributed by atoms with E-state index in [2.05, 4.69) is 4.98 Å². The summed E-state index contributed by atoms with van der Waals surface area (Å²) in [7, 11) is -3.67. The molecule has 0 aliphatic heterocycles. The van der Waals surface area contributed by atoms with Crippen molar-refractivity contribution in [1.82, 2.24) is 4.98 Å². The van der Waals surface area contributed by atoms with Gasteiger partial charge in [0.15, 0.2) is 10.8 Å². The minimum Gasteiger partial charge on any atom is -0.422 e. The molecule has 4 N–H and O–H groups in total. The molecule has 0 atom stereocenters. The summed E-state index contributed by atoms with van der Waals surface area (Å²) in [6.45, 7) is 0. The van der Waals surface area contributed by atoms with Crippen LogP contribution in [0.5, 0.6) is 5.75 Å². The number of nitrogen functional groups attached to an aromatic ring is 1. The molecule has 0 aliphatic rings. The number of carbonyl (C=O) groups is 1. The monoisotopic (exact) mass is 433 g/mol. The van der Waals surface area contributed by atoms with Gasteiger partial charge in [0.05, 0.1) is 20.8 Å². The summed E-state index contributed by atoms with van der Waals surface area (Å²) >= 11 is 8.23. The smallest absolute Gasteiger partial charge is 0.353 e. The van der Waals surface area contributed by atoms with Gasteiger partial charge in [-0.2, -0.15) is 8.42 Å². The fourth-order valence-corrected chi connectivity index (χ4v) is 3.44. The van der Waals surface area contributed by atoms with Crippen LogP contribution in [0.4, 0.5) is 0 Å². The molecule has 0 radical (unpaired) electrons. The van der Waals surface area contributed by atoms with Crippen LogP contribution in [0, 0.1) is 5.41 Å². The van der Waals surface area contributed by atoms with E-state index in [9.17, 15) is 13.2 Å². The number of benzene rings is 1. The molecule has 3 rings (SSSR count). The van der Waals surface area contributed by atoms with Crippen molar-refractivity contribution in [1.29, 1.82) is 5.41 Å². The SMILES string of the molecule is CS(=O)(=O)O.N=C(N)c1nc2ccc(OC(=O)c3ccc(Cl)s3)cc2s1. The van der Waals surface area contributed by atoms with Gasteiger partial charge in [-0.1, -0.05) is 11.6 Å². The van der Waals surface area contributed by atoms with Crippen molar-refractivity contribution in [2.45, 2.75) is 0 Å². The summed E-state index contributed by atoms with van der Waals surface area (Å²) in [6.07, 6.45) is 0.715. The predicted molar refractivity (Wildman–Crippen MR) is 102 cm³/mol. The van der Waals surface area contributed by atoms with E-state index in [0.29, 0.717) is 31.7 Å². The van der Waals surface area contributed by atoms with Crippen molar-refractivity contribution >= 4 is 66.4 Å². The highest BCUT2D eigenvalue weighted by Gasteiger charge is 2.13. The third kappa shape index (κ3) is 6.04. The van der Waals surface area contributed by atoms with Gasteiger partial charge in [-0.15, -0.1) is 22.7 Å². The number of aromatic nitrogens is 1. The van der Waals surface area contributed by atoms with E-state index in [1.807, 2.05) is 0 Å². The second-order valence-corrected chi connectivity index (χ2v) is 9.00. The Morgan fingerprint density at radius 3 is 2.50 bits per heavy atom. The van der Waals surface area contributed by atoms with E-state index >= 15 is 0 Å². The molecule has 0 amide bonds. The zero-order valence-corrected chi connectivity index (χ0v) is 16.3. The Hall–Kier alpha value is -2.05. The lowest BCUT2D eigenvalue weighted by Crippen LogP contribution is -2.09. The molecule has 0 aliphatic carbocycles. The molecular weight excluding hydrogens is 422 g/mol. The molecule has 0 spiro atoms. The van der Waals surface area contributed by atoms with Gasteiger partial charge < -0.3 is 10.5 Å². The van der Waals surface area contributed by atoms with Gasteiger partial charge in [0.25, 0.3) is 10.1 Å². The minimum absolute atomic E-state index is 0.0806. The van der Waals surface area contributed by atoms with Crippen LogP contribution in [0.3, 0.4) is 0 Å². The van der Waals surface area contributed by atoms with E-state index in [1.165, 1.54) is 11.3 Å². The molecule has 8 nitrogen and oxygen atoms in total. The number of fused-ring (bicyclic) bond motifs is 1. The van der Waals surface area contributed by atoms with Crippen LogP contribution in [-0.4, -0.2) is 36.0 Å². The molecule has 0 bridgehead atoms. The summed E-state index contributed by atoms with van der Waals surface area (Å²) in [6, 6.07) is 8.34. The Bertz CT molecular complexity index is 1070. The highest BCUT2D eigenvalue weighted by molar-refractivity contribution is 7.85. The molecule has 0 fully saturated rings. The minimum atomic E-state index is -3.67. The van der Waals surface area contributed by atoms with Crippen molar-refractivity contribution in [3.63, 3.8) is 0 Å². The van der Waals surface area contributed by atoms with Crippen LogP contribution in [0.15, 0.2) is 30.3 Å². The molecule has 1 aromatic carbocycles. The summed E-state index contributed by atoms with van der Waals surface area (Å²) < 4.78 is 32.5. The summed E-state index contributed by atoms with van der Waals surface area (Å²) in [5.41, 5.74) is 6.12. The lowest BCUT2D eigenvalue weighted by Gasteiger charge is -2.01. The van der Waals surface area contributed by atoms with Crippen LogP contribution >= 0.6 is 34.3 Å². The third-order valence-corrected chi connectivity index (χ3v) is 4.84. The number of rotatable bonds is 3. The Labute approximate surface area is 161 Å². The normalized spacial score (nSPS) is 10.9. The Morgan fingerprint density at radius 2 is 1.96 bits per heavy atom. The number of nitrogens with one attached hydrogen (secondary N) is 1. The van der Waals surface area contributed by atoms with Gasteiger partial charge >= 0.3 is 5.97 Å². The number of ether oxygens (including phenoxy) is 1. The van der Waals surface area contributed by atoms with Crippen molar-refractivity contribution < 1.29 is 22.5 Å². The van der Waals surface area contributed by atoms with E-state index in [-0.39, 0.29) is 5.84 Å². The molecule has 0 saturated heterocycles. The number of nitrogens with zero attached hydrogens (tertiary/aromatic N) is 1. The fourth-order valence-electron chi connectivity index (χ4n) is 1.66. The number of nitrogens with two attached hydrogens (primary N) is 1. The maximum atomic E-state index is 11.9. The average molecular weight is 434 g/mol. The van der Waals surface area contributed by atoms with E-state index < -0.39 is 16.1 Å². The molecule has 0 unspecified atom stereocenters. The van der Waals surface area contributed by atoms with Crippen LogP contribution in [-0.2, 0) is 10.1 Å². The molecule has 12 heteroatoms. The van der Waals surface area contributed by atoms with Gasteiger partial charge in [-0.05, 0) is 24.3 Å². The van der Waals surface area contributed by atoms with Crippen LogP contribution in [0.2, 0.25) is 4.34 Å².